The Labute approximate surface area is 381 Å². The maximum absolute atomic E-state index is 15.5. The first-order chi connectivity index (χ1) is 30.3. The Kier molecular flexibility index (Phi) is 13.8. The number of halogens is 5. The van der Waals surface area contributed by atoms with E-state index in [0.717, 1.165) is 49.4 Å². The van der Waals surface area contributed by atoms with Crippen molar-refractivity contribution >= 4 is 57.8 Å². The van der Waals surface area contributed by atoms with Crippen LogP contribution in [0.3, 0.4) is 0 Å². The van der Waals surface area contributed by atoms with Gasteiger partial charge in [-0.2, -0.15) is 0 Å². The summed E-state index contributed by atoms with van der Waals surface area (Å²) >= 11 is -7.11. The van der Waals surface area contributed by atoms with Crippen molar-refractivity contribution in [1.82, 2.24) is 4.58 Å². The van der Waals surface area contributed by atoms with E-state index in [2.05, 4.69) is 41.9 Å². The summed E-state index contributed by atoms with van der Waals surface area (Å²) in [7, 11) is -4.10. The third-order valence-corrected chi connectivity index (χ3v) is 20.0. The van der Waals surface area contributed by atoms with Crippen molar-refractivity contribution in [1.29, 1.82) is 0 Å². The second kappa shape index (κ2) is 18.5. The van der Waals surface area contributed by atoms with Crippen molar-refractivity contribution in [3.8, 4) is 28.2 Å². The van der Waals surface area contributed by atoms with E-state index in [1.165, 1.54) is 49.4 Å². The zero-order valence-corrected chi connectivity index (χ0v) is 40.4. The molecule has 0 amide bonds. The summed E-state index contributed by atoms with van der Waals surface area (Å²) in [6, 6.07) is 27.0. The number of nitrogens with zero attached hydrogens (tertiary/aromatic N) is 2. The van der Waals surface area contributed by atoms with Crippen LogP contribution in [0.4, 0.5) is 23.2 Å². The van der Waals surface area contributed by atoms with E-state index < -0.39 is 67.8 Å². The van der Waals surface area contributed by atoms with Crippen molar-refractivity contribution < 1.29 is 47.0 Å². The fourth-order valence-corrected chi connectivity index (χ4v) is 15.3. The smallest absolute Gasteiger partial charge is 0.203 e. The Balaban J connectivity index is 1.14. The van der Waals surface area contributed by atoms with E-state index in [1.807, 2.05) is 36.4 Å². The molecule has 0 saturated heterocycles. The molecular formula is C48H51F4IN2O7S2. The molecule has 7 rings (SSSR count). The third kappa shape index (κ3) is 8.96. The molecule has 0 aromatic heterocycles. The van der Waals surface area contributed by atoms with Crippen LogP contribution in [0.1, 0.15) is 66.0 Å². The Morgan fingerprint density at radius 2 is 1.55 bits per heavy atom. The topological polar surface area (TPSA) is 112 Å². The maximum atomic E-state index is 15.5. The van der Waals surface area contributed by atoms with Crippen molar-refractivity contribution in [2.45, 2.75) is 92.0 Å². The standard InChI is InChI=1S/C48H51F4IN2O7S2/c1-8-54(9-2)33-20-25-37-42(28-33)60-43-29-34(55(10-3)11-4)21-26-38(43)45(37)39-27-24-36(30-44(39)63(56)57)64(58,59)31(5)16-17-32-18-22-35(23-19-32)61-48(51,52)47(49,50)53-41-15-13-12-14-40(41)46(6,7)62-53/h12-15,18-31H,8-11,16-17H2,1-7H3. The number of aryl methyl sites for hydroxylation is 1. The summed E-state index contributed by atoms with van der Waals surface area (Å²) in [4.78, 5) is 1.79. The van der Waals surface area contributed by atoms with E-state index in [4.69, 9.17) is 7.48 Å². The molecular weight excluding hydrogens is 984 g/mol. The van der Waals surface area contributed by atoms with Crippen LogP contribution >= 0.6 is 20.2 Å². The summed E-state index contributed by atoms with van der Waals surface area (Å²) in [5.41, 5.74) is 2.89. The molecule has 0 radical (unpaired) electrons. The molecule has 0 spiro atoms. The van der Waals surface area contributed by atoms with Crippen molar-refractivity contribution in [3.05, 3.63) is 123 Å². The van der Waals surface area contributed by atoms with Crippen LogP contribution in [-0.2, 0) is 36.0 Å². The van der Waals surface area contributed by atoms with Gasteiger partial charge in [-0.3, -0.25) is 4.21 Å². The number of sulfone groups is 1. The summed E-state index contributed by atoms with van der Waals surface area (Å²) in [6.45, 7) is 15.9. The van der Waals surface area contributed by atoms with Gasteiger partial charge in [0, 0.05) is 52.3 Å². The average Bonchev–Trinajstić information content (AvgIpc) is 3.56. The number of ether oxygens (including phenoxy) is 1. The van der Waals surface area contributed by atoms with Crippen LogP contribution in [0.5, 0.6) is 5.75 Å². The molecule has 0 N–H and O–H groups in total. The number of benzene rings is 5. The normalized spacial score (nSPS) is 15.6. The SMILES string of the molecule is CCN(CC)c1ccc2c(-c3ccc(S(=O)(=O)C(C)CCc4ccc(OC(F)(F)C(F)(F)I5OC(C)(C)c6ccccc65)cc4)cc3S(=O)[O-])c3ccc(=[N+](CC)CC)cc-3oc2c1. The van der Waals surface area contributed by atoms with Gasteiger partial charge in [-0.1, -0.05) is 6.07 Å². The molecule has 16 heteroatoms. The molecule has 2 heterocycles. The number of hydrogen-bond donors (Lipinski definition) is 0. The van der Waals surface area contributed by atoms with Crippen LogP contribution in [-0.4, -0.2) is 58.6 Å². The summed E-state index contributed by atoms with van der Waals surface area (Å²) in [5.74, 6) is 0.0508. The molecule has 3 aliphatic rings. The molecule has 4 aromatic rings. The van der Waals surface area contributed by atoms with Crippen LogP contribution in [0, 0.1) is 3.57 Å². The fraction of sp³-hybridized carbons (Fsp3) is 0.354. The monoisotopic (exact) mass is 1030 g/mol. The van der Waals surface area contributed by atoms with E-state index in [9.17, 15) is 17.2 Å². The zero-order valence-electron chi connectivity index (χ0n) is 36.6. The molecule has 4 aromatic carbocycles. The largest absolute Gasteiger partial charge is 0.768 e. The van der Waals surface area contributed by atoms with Gasteiger partial charge in [0.15, 0.2) is 0 Å². The zero-order chi connectivity index (χ0) is 46.4. The van der Waals surface area contributed by atoms with Crippen LogP contribution < -0.4 is 19.6 Å². The first kappa shape index (κ1) is 47.6. The number of hydrogen-bond acceptors (Lipinski definition) is 8. The minimum Gasteiger partial charge on any atom is -0.768 e. The van der Waals surface area contributed by atoms with E-state index in [-0.39, 0.29) is 26.2 Å². The average molecular weight is 1030 g/mol. The Hall–Kier alpha value is -4.36. The van der Waals surface area contributed by atoms with Gasteiger partial charge in [0.25, 0.3) is 0 Å². The quantitative estimate of drug-likeness (QED) is 0.0235. The first-order valence-corrected chi connectivity index (χ1v) is 26.8. The van der Waals surface area contributed by atoms with Gasteiger partial charge in [-0.25, -0.2) is 4.58 Å². The van der Waals surface area contributed by atoms with Gasteiger partial charge in [0.1, 0.15) is 24.4 Å². The molecule has 2 aliphatic heterocycles. The fourth-order valence-electron chi connectivity index (χ4n) is 8.09. The molecule has 0 fully saturated rings. The maximum Gasteiger partial charge on any atom is 0.203 e. The predicted octanol–water partition coefficient (Wildman–Crippen LogP) is 11.0. The second-order valence-electron chi connectivity index (χ2n) is 16.0. The summed E-state index contributed by atoms with van der Waals surface area (Å²) in [5, 5.41) is 0.597. The first-order valence-electron chi connectivity index (χ1n) is 21.1. The van der Waals surface area contributed by atoms with Crippen LogP contribution in [0.25, 0.3) is 33.4 Å². The molecule has 9 nitrogen and oxygen atoms in total. The molecule has 342 valence electrons. The van der Waals surface area contributed by atoms with E-state index >= 15 is 17.6 Å². The third-order valence-electron chi connectivity index (χ3n) is 11.7. The molecule has 0 saturated carbocycles. The minimum atomic E-state index is -4.88. The van der Waals surface area contributed by atoms with Gasteiger partial charge < -0.3 is 13.9 Å². The Morgan fingerprint density at radius 3 is 2.20 bits per heavy atom. The summed E-state index contributed by atoms with van der Waals surface area (Å²) in [6.07, 6.45) is -4.62. The number of anilines is 1. The minimum absolute atomic E-state index is 0.0774. The van der Waals surface area contributed by atoms with Gasteiger partial charge in [-0.15, -0.1) is 0 Å². The van der Waals surface area contributed by atoms with Gasteiger partial charge in [0.05, 0.1) is 6.07 Å². The summed E-state index contributed by atoms with van der Waals surface area (Å²) < 4.78 is 130. The molecule has 2 atom stereocenters. The van der Waals surface area contributed by atoms with Crippen molar-refractivity contribution in [2.24, 2.45) is 0 Å². The molecule has 0 bridgehead atoms. The van der Waals surface area contributed by atoms with Gasteiger partial charge in [-0.05, 0) is 74.7 Å². The van der Waals surface area contributed by atoms with Crippen molar-refractivity contribution in [3.63, 3.8) is 0 Å². The molecule has 64 heavy (non-hydrogen) atoms. The van der Waals surface area contributed by atoms with Gasteiger partial charge >= 0.3 is 192 Å². The number of alkyl halides is 5. The molecule has 1 aliphatic carbocycles. The van der Waals surface area contributed by atoms with Gasteiger partial charge in [0.2, 0.25) is 5.36 Å². The molecule has 2 unspecified atom stereocenters. The number of rotatable bonds is 16. The van der Waals surface area contributed by atoms with Crippen LogP contribution in [0.2, 0.25) is 0 Å². The van der Waals surface area contributed by atoms with Crippen molar-refractivity contribution in [2.75, 3.05) is 31.1 Å². The Morgan fingerprint density at radius 1 is 0.875 bits per heavy atom. The Bertz CT molecular complexity index is 2860. The van der Waals surface area contributed by atoms with Crippen LogP contribution in [0.15, 0.2) is 117 Å². The van der Waals surface area contributed by atoms with E-state index in [1.54, 1.807) is 26.0 Å². The second-order valence-corrected chi connectivity index (χ2v) is 23.7. The number of fused-ring (bicyclic) bond motifs is 3. The predicted molar refractivity (Wildman–Crippen MR) is 251 cm³/mol. The van der Waals surface area contributed by atoms with E-state index in [0.29, 0.717) is 44.5 Å².